The summed E-state index contributed by atoms with van der Waals surface area (Å²) >= 11 is 0. The average molecular weight is 263 g/mol. The predicted octanol–water partition coefficient (Wildman–Crippen LogP) is 0.656. The molecule has 1 fully saturated rings. The van der Waals surface area contributed by atoms with Gasteiger partial charge in [0.2, 0.25) is 5.91 Å². The molecule has 1 saturated heterocycles. The summed E-state index contributed by atoms with van der Waals surface area (Å²) < 4.78 is 0. The molecule has 1 aliphatic heterocycles. The molecule has 2 atom stereocenters. The van der Waals surface area contributed by atoms with Gasteiger partial charge in [-0.05, 0) is 25.5 Å². The van der Waals surface area contributed by atoms with Crippen molar-refractivity contribution in [2.24, 2.45) is 5.73 Å². The number of hydrogen-bond donors (Lipinski definition) is 2. The van der Waals surface area contributed by atoms with Gasteiger partial charge >= 0.3 is 0 Å². The second-order valence-electron chi connectivity index (χ2n) is 5.02. The van der Waals surface area contributed by atoms with Gasteiger partial charge in [-0.2, -0.15) is 5.48 Å². The Hall–Kier alpha value is -1.43. The summed E-state index contributed by atoms with van der Waals surface area (Å²) in [6, 6.07) is 10.1. The third-order valence-corrected chi connectivity index (χ3v) is 3.49. The van der Waals surface area contributed by atoms with Crippen LogP contribution in [0.15, 0.2) is 30.3 Å². The van der Waals surface area contributed by atoms with Crippen molar-refractivity contribution in [1.82, 2.24) is 10.4 Å². The normalized spacial score (nSPS) is 24.3. The summed E-state index contributed by atoms with van der Waals surface area (Å²) in [5, 5.41) is 0. The van der Waals surface area contributed by atoms with E-state index in [1.54, 1.807) is 0 Å². The minimum atomic E-state index is -0.244. The number of nitrogens with two attached hydrogens (primary N) is 1. The molecule has 1 aromatic rings. The number of carbonyl (C=O) groups excluding carboxylic acids is 1. The van der Waals surface area contributed by atoms with Crippen LogP contribution in [0, 0.1) is 0 Å². The molecule has 1 aliphatic rings. The summed E-state index contributed by atoms with van der Waals surface area (Å²) in [5.41, 5.74) is 9.55. The van der Waals surface area contributed by atoms with Crippen LogP contribution in [0.4, 0.5) is 0 Å². The molecule has 0 bridgehead atoms. The first-order valence-corrected chi connectivity index (χ1v) is 6.57. The zero-order valence-electron chi connectivity index (χ0n) is 11.2. The van der Waals surface area contributed by atoms with E-state index >= 15 is 0 Å². The molecule has 1 amide bonds. The Morgan fingerprint density at radius 3 is 2.79 bits per heavy atom. The number of amides is 1. The first-order valence-electron chi connectivity index (χ1n) is 6.57. The average Bonchev–Trinajstić information content (AvgIpc) is 2.39. The molecule has 0 unspecified atom stereocenters. The second kappa shape index (κ2) is 6.65. The maximum absolute atomic E-state index is 11.2. The topological polar surface area (TPSA) is 67.6 Å². The molecule has 0 saturated carbocycles. The van der Waals surface area contributed by atoms with E-state index < -0.39 is 0 Å². The van der Waals surface area contributed by atoms with Crippen LogP contribution in [-0.4, -0.2) is 36.5 Å². The summed E-state index contributed by atoms with van der Waals surface area (Å²) in [4.78, 5) is 18.7. The summed E-state index contributed by atoms with van der Waals surface area (Å²) in [5.74, 6) is -0.244. The van der Waals surface area contributed by atoms with Gasteiger partial charge in [0, 0.05) is 12.6 Å². The van der Waals surface area contributed by atoms with Crippen molar-refractivity contribution in [2.75, 3.05) is 13.6 Å². The smallest absolute Gasteiger partial charge is 0.234 e. The third kappa shape index (κ3) is 4.02. The fraction of sp³-hybridized carbons (Fsp3) is 0.500. The molecular weight excluding hydrogens is 242 g/mol. The molecule has 5 heteroatoms. The molecule has 19 heavy (non-hydrogen) atoms. The van der Waals surface area contributed by atoms with E-state index in [4.69, 9.17) is 10.6 Å². The Labute approximate surface area is 113 Å². The standard InChI is InChI=1S/C14H21N3O2/c1-17-9-12(7-8-13(17)14(15)18)16-19-10-11-5-3-2-4-6-11/h2-6,12-13,16H,7-10H2,1H3,(H2,15,18)/t12-,13+/m1/s1. The van der Waals surface area contributed by atoms with Crippen molar-refractivity contribution < 1.29 is 9.63 Å². The molecule has 2 rings (SSSR count). The predicted molar refractivity (Wildman–Crippen MR) is 73.0 cm³/mol. The summed E-state index contributed by atoms with van der Waals surface area (Å²) in [7, 11) is 1.92. The lowest BCUT2D eigenvalue weighted by atomic mass is 9.99. The Balaban J connectivity index is 1.72. The Kier molecular flexibility index (Phi) is 4.90. The quantitative estimate of drug-likeness (QED) is 0.766. The number of nitrogens with zero attached hydrogens (tertiary/aromatic N) is 1. The highest BCUT2D eigenvalue weighted by Gasteiger charge is 2.29. The van der Waals surface area contributed by atoms with Gasteiger partial charge in [0.15, 0.2) is 0 Å². The minimum absolute atomic E-state index is 0.146. The first-order chi connectivity index (χ1) is 9.16. The minimum Gasteiger partial charge on any atom is -0.368 e. The maximum atomic E-state index is 11.2. The lowest BCUT2D eigenvalue weighted by Crippen LogP contribution is -2.53. The highest BCUT2D eigenvalue weighted by atomic mass is 16.6. The fourth-order valence-corrected chi connectivity index (χ4v) is 2.42. The number of benzene rings is 1. The molecule has 0 aromatic heterocycles. The van der Waals surface area contributed by atoms with Crippen molar-refractivity contribution in [3.05, 3.63) is 35.9 Å². The van der Waals surface area contributed by atoms with Crippen LogP contribution in [0.5, 0.6) is 0 Å². The molecule has 104 valence electrons. The van der Waals surface area contributed by atoms with Gasteiger partial charge in [-0.25, -0.2) is 0 Å². The van der Waals surface area contributed by atoms with Crippen molar-refractivity contribution in [1.29, 1.82) is 0 Å². The van der Waals surface area contributed by atoms with Gasteiger partial charge in [-0.3, -0.25) is 14.5 Å². The number of primary amides is 1. The molecule has 1 heterocycles. The van der Waals surface area contributed by atoms with Gasteiger partial charge in [0.25, 0.3) is 0 Å². The molecule has 1 aromatic carbocycles. The lowest BCUT2D eigenvalue weighted by Gasteiger charge is -2.35. The van der Waals surface area contributed by atoms with Crippen LogP contribution in [0.3, 0.4) is 0 Å². The van der Waals surface area contributed by atoms with Crippen molar-refractivity contribution in [2.45, 2.75) is 31.5 Å². The maximum Gasteiger partial charge on any atom is 0.234 e. The van der Waals surface area contributed by atoms with E-state index in [9.17, 15) is 4.79 Å². The summed E-state index contributed by atoms with van der Waals surface area (Å²) in [6.45, 7) is 1.31. The first kappa shape index (κ1) is 14.0. The molecular formula is C14H21N3O2. The Morgan fingerprint density at radius 2 is 2.16 bits per heavy atom. The van der Waals surface area contributed by atoms with Crippen LogP contribution in [0.1, 0.15) is 18.4 Å². The second-order valence-corrected chi connectivity index (χ2v) is 5.02. The summed E-state index contributed by atoms with van der Waals surface area (Å²) in [6.07, 6.45) is 1.67. The fourth-order valence-electron chi connectivity index (χ4n) is 2.42. The van der Waals surface area contributed by atoms with E-state index in [1.807, 2.05) is 42.3 Å². The number of piperidine rings is 1. The number of carbonyl (C=O) groups is 1. The van der Waals surface area contributed by atoms with Gasteiger partial charge < -0.3 is 5.73 Å². The zero-order valence-corrected chi connectivity index (χ0v) is 11.2. The molecule has 3 N–H and O–H groups in total. The van der Waals surface area contributed by atoms with Gasteiger partial charge in [0.1, 0.15) is 0 Å². The lowest BCUT2D eigenvalue weighted by molar-refractivity contribution is -0.124. The number of rotatable bonds is 5. The highest BCUT2D eigenvalue weighted by Crippen LogP contribution is 2.15. The zero-order chi connectivity index (χ0) is 13.7. The Morgan fingerprint density at radius 1 is 1.42 bits per heavy atom. The molecule has 0 radical (unpaired) electrons. The van der Waals surface area contributed by atoms with E-state index in [-0.39, 0.29) is 18.0 Å². The van der Waals surface area contributed by atoms with Crippen LogP contribution in [0.2, 0.25) is 0 Å². The molecule has 0 aliphatic carbocycles. The number of likely N-dealkylation sites (N-methyl/N-ethyl adjacent to an activating group) is 1. The van der Waals surface area contributed by atoms with Crippen molar-refractivity contribution >= 4 is 5.91 Å². The highest BCUT2D eigenvalue weighted by molar-refractivity contribution is 5.79. The number of nitrogens with one attached hydrogen (secondary N) is 1. The molecule has 5 nitrogen and oxygen atoms in total. The van der Waals surface area contributed by atoms with Crippen LogP contribution in [0.25, 0.3) is 0 Å². The largest absolute Gasteiger partial charge is 0.368 e. The number of likely N-dealkylation sites (tertiary alicyclic amines) is 1. The van der Waals surface area contributed by atoms with Gasteiger partial charge in [-0.15, -0.1) is 0 Å². The number of hydrogen-bond acceptors (Lipinski definition) is 4. The number of hydroxylamine groups is 1. The van der Waals surface area contributed by atoms with Gasteiger partial charge in [0.05, 0.1) is 12.6 Å². The van der Waals surface area contributed by atoms with E-state index in [0.717, 1.165) is 24.9 Å². The van der Waals surface area contributed by atoms with E-state index in [0.29, 0.717) is 6.61 Å². The Bertz CT molecular complexity index is 410. The van der Waals surface area contributed by atoms with Crippen molar-refractivity contribution in [3.8, 4) is 0 Å². The van der Waals surface area contributed by atoms with Crippen molar-refractivity contribution in [3.63, 3.8) is 0 Å². The SMILES string of the molecule is CN1C[C@H](NOCc2ccccc2)CC[C@H]1C(N)=O. The van der Waals surface area contributed by atoms with E-state index in [2.05, 4.69) is 5.48 Å². The third-order valence-electron chi connectivity index (χ3n) is 3.49. The van der Waals surface area contributed by atoms with Gasteiger partial charge in [-0.1, -0.05) is 30.3 Å². The molecule has 0 spiro atoms. The van der Waals surface area contributed by atoms with Crippen LogP contribution >= 0.6 is 0 Å². The monoisotopic (exact) mass is 263 g/mol. The van der Waals surface area contributed by atoms with Crippen LogP contribution in [-0.2, 0) is 16.2 Å². The van der Waals surface area contributed by atoms with E-state index in [1.165, 1.54) is 0 Å². The van der Waals surface area contributed by atoms with Crippen LogP contribution < -0.4 is 11.2 Å².